The molecule has 98 valence electrons. The predicted octanol–water partition coefficient (Wildman–Crippen LogP) is 3.50. The number of hydrogen-bond donors (Lipinski definition) is 2. The van der Waals surface area contributed by atoms with Crippen molar-refractivity contribution in [2.75, 3.05) is 18.4 Å². The van der Waals surface area contributed by atoms with Gasteiger partial charge in [-0.05, 0) is 37.9 Å². The lowest BCUT2D eigenvalue weighted by Gasteiger charge is -2.18. The van der Waals surface area contributed by atoms with Crippen molar-refractivity contribution >= 4 is 17.4 Å². The maximum Gasteiger partial charge on any atom is 0.0481 e. The normalized spacial score (nSPS) is 24.6. The molecule has 18 heavy (non-hydrogen) atoms. The standard InChI is InChI=1S/C15H22N2S/c1-2-6-13(5-1)18-15-8-4-3-7-14(15)17-12-9-10-16-11-12/h3-4,7-8,12-13,16-17H,1-2,5-6,9-11H2. The second-order valence-electron chi connectivity index (χ2n) is 5.35. The minimum Gasteiger partial charge on any atom is -0.380 e. The molecule has 1 aromatic carbocycles. The molecule has 0 spiro atoms. The maximum atomic E-state index is 3.70. The third kappa shape index (κ3) is 3.01. The molecule has 0 radical (unpaired) electrons. The lowest BCUT2D eigenvalue weighted by Crippen LogP contribution is -2.22. The summed E-state index contributed by atoms with van der Waals surface area (Å²) in [6, 6.07) is 9.41. The SMILES string of the molecule is c1ccc(SC2CCCC2)c(NC2CCNC2)c1. The fourth-order valence-corrected chi connectivity index (χ4v) is 4.21. The van der Waals surface area contributed by atoms with Crippen LogP contribution in [0.4, 0.5) is 5.69 Å². The van der Waals surface area contributed by atoms with Crippen molar-refractivity contribution in [3.63, 3.8) is 0 Å². The van der Waals surface area contributed by atoms with Gasteiger partial charge in [0.15, 0.2) is 0 Å². The summed E-state index contributed by atoms with van der Waals surface area (Å²) in [5.74, 6) is 0. The maximum absolute atomic E-state index is 3.70. The van der Waals surface area contributed by atoms with Crippen LogP contribution < -0.4 is 10.6 Å². The van der Waals surface area contributed by atoms with E-state index in [0.717, 1.165) is 18.3 Å². The van der Waals surface area contributed by atoms with E-state index in [1.54, 1.807) is 0 Å². The van der Waals surface area contributed by atoms with Gasteiger partial charge < -0.3 is 10.6 Å². The molecule has 0 amide bonds. The van der Waals surface area contributed by atoms with Gasteiger partial charge in [0.25, 0.3) is 0 Å². The fourth-order valence-electron chi connectivity index (χ4n) is 2.87. The average Bonchev–Trinajstić information content (AvgIpc) is 3.05. The van der Waals surface area contributed by atoms with Crippen molar-refractivity contribution in [2.45, 2.75) is 48.3 Å². The van der Waals surface area contributed by atoms with Gasteiger partial charge in [0.1, 0.15) is 0 Å². The molecule has 0 aromatic heterocycles. The Balaban J connectivity index is 1.67. The van der Waals surface area contributed by atoms with Gasteiger partial charge >= 0.3 is 0 Å². The third-order valence-electron chi connectivity index (χ3n) is 3.90. The van der Waals surface area contributed by atoms with E-state index >= 15 is 0 Å². The Morgan fingerprint density at radius 3 is 2.72 bits per heavy atom. The lowest BCUT2D eigenvalue weighted by atomic mass is 10.2. The van der Waals surface area contributed by atoms with Crippen LogP contribution in [0.15, 0.2) is 29.2 Å². The van der Waals surface area contributed by atoms with E-state index < -0.39 is 0 Å². The van der Waals surface area contributed by atoms with Crippen LogP contribution in [0.25, 0.3) is 0 Å². The molecule has 3 rings (SSSR count). The van der Waals surface area contributed by atoms with Crippen molar-refractivity contribution < 1.29 is 0 Å². The van der Waals surface area contributed by atoms with Crippen LogP contribution in [0.1, 0.15) is 32.1 Å². The molecule has 3 heteroatoms. The monoisotopic (exact) mass is 262 g/mol. The molecule has 2 fully saturated rings. The van der Waals surface area contributed by atoms with E-state index in [0.29, 0.717) is 6.04 Å². The fraction of sp³-hybridized carbons (Fsp3) is 0.600. The highest BCUT2D eigenvalue weighted by Crippen LogP contribution is 2.38. The molecule has 2 aliphatic rings. The second kappa shape index (κ2) is 5.98. The van der Waals surface area contributed by atoms with Gasteiger partial charge in [-0.15, -0.1) is 11.8 Å². The highest BCUT2D eigenvalue weighted by molar-refractivity contribution is 8.00. The summed E-state index contributed by atoms with van der Waals surface area (Å²) in [4.78, 5) is 1.44. The highest BCUT2D eigenvalue weighted by atomic mass is 32.2. The summed E-state index contributed by atoms with van der Waals surface area (Å²) in [5, 5.41) is 7.96. The molecule has 2 nitrogen and oxygen atoms in total. The lowest BCUT2D eigenvalue weighted by molar-refractivity contribution is 0.790. The van der Waals surface area contributed by atoms with E-state index in [1.165, 1.54) is 42.7 Å². The molecule has 1 unspecified atom stereocenters. The number of rotatable bonds is 4. The molecular weight excluding hydrogens is 240 g/mol. The highest BCUT2D eigenvalue weighted by Gasteiger charge is 2.19. The van der Waals surface area contributed by atoms with Crippen LogP contribution in [0.3, 0.4) is 0 Å². The first-order valence-electron chi connectivity index (χ1n) is 7.15. The van der Waals surface area contributed by atoms with Gasteiger partial charge in [0.05, 0.1) is 0 Å². The van der Waals surface area contributed by atoms with Gasteiger partial charge in [-0.1, -0.05) is 25.0 Å². The average molecular weight is 262 g/mol. The van der Waals surface area contributed by atoms with Crippen LogP contribution in [0.5, 0.6) is 0 Å². The van der Waals surface area contributed by atoms with E-state index in [4.69, 9.17) is 0 Å². The van der Waals surface area contributed by atoms with Gasteiger partial charge in [0.2, 0.25) is 0 Å². The van der Waals surface area contributed by atoms with Crippen LogP contribution >= 0.6 is 11.8 Å². The van der Waals surface area contributed by atoms with E-state index in [2.05, 4.69) is 46.7 Å². The van der Waals surface area contributed by atoms with Crippen molar-refractivity contribution in [1.82, 2.24) is 5.32 Å². The smallest absolute Gasteiger partial charge is 0.0481 e. The van der Waals surface area contributed by atoms with Crippen molar-refractivity contribution in [1.29, 1.82) is 0 Å². The van der Waals surface area contributed by atoms with Crippen LogP contribution in [0, 0.1) is 0 Å². The summed E-state index contributed by atoms with van der Waals surface area (Å²) in [6.45, 7) is 2.25. The van der Waals surface area contributed by atoms with Crippen LogP contribution in [-0.4, -0.2) is 24.4 Å². The summed E-state index contributed by atoms with van der Waals surface area (Å²) >= 11 is 2.08. The molecule has 1 aromatic rings. The molecule has 2 N–H and O–H groups in total. The van der Waals surface area contributed by atoms with Crippen LogP contribution in [-0.2, 0) is 0 Å². The quantitative estimate of drug-likeness (QED) is 0.868. The predicted molar refractivity (Wildman–Crippen MR) is 79.5 cm³/mol. The number of benzene rings is 1. The van der Waals surface area contributed by atoms with Gasteiger partial charge in [-0.25, -0.2) is 0 Å². The molecule has 1 saturated carbocycles. The Morgan fingerprint density at radius 2 is 1.94 bits per heavy atom. The Bertz CT molecular complexity index is 345. The minimum atomic E-state index is 0.607. The number of anilines is 1. The van der Waals surface area contributed by atoms with E-state index in [9.17, 15) is 0 Å². The zero-order valence-corrected chi connectivity index (χ0v) is 11.6. The number of nitrogens with one attached hydrogen (secondary N) is 2. The third-order valence-corrected chi connectivity index (χ3v) is 5.32. The topological polar surface area (TPSA) is 24.1 Å². The van der Waals surface area contributed by atoms with E-state index in [1.807, 2.05) is 0 Å². The molecule has 1 saturated heterocycles. The summed E-state index contributed by atoms with van der Waals surface area (Å²) < 4.78 is 0. The molecule has 1 atom stereocenters. The minimum absolute atomic E-state index is 0.607. The van der Waals surface area contributed by atoms with Gasteiger partial charge in [-0.2, -0.15) is 0 Å². The summed E-state index contributed by atoms with van der Waals surface area (Å²) in [6.07, 6.45) is 6.86. The Hall–Kier alpha value is -0.670. The van der Waals surface area contributed by atoms with Crippen molar-refractivity contribution in [2.24, 2.45) is 0 Å². The molecule has 1 aliphatic heterocycles. The number of hydrogen-bond acceptors (Lipinski definition) is 3. The summed E-state index contributed by atoms with van der Waals surface area (Å²) in [7, 11) is 0. The second-order valence-corrected chi connectivity index (χ2v) is 6.70. The first-order valence-corrected chi connectivity index (χ1v) is 8.03. The Kier molecular flexibility index (Phi) is 4.11. The number of para-hydroxylation sites is 1. The molecule has 1 heterocycles. The molecule has 0 bridgehead atoms. The van der Waals surface area contributed by atoms with Crippen LogP contribution in [0.2, 0.25) is 0 Å². The number of thioether (sulfide) groups is 1. The van der Waals surface area contributed by atoms with Crippen molar-refractivity contribution in [3.8, 4) is 0 Å². The van der Waals surface area contributed by atoms with Gasteiger partial charge in [-0.3, -0.25) is 0 Å². The first-order chi connectivity index (χ1) is 8.92. The van der Waals surface area contributed by atoms with Crippen molar-refractivity contribution in [3.05, 3.63) is 24.3 Å². The molecular formula is C15H22N2S. The zero-order chi connectivity index (χ0) is 12.2. The van der Waals surface area contributed by atoms with E-state index in [-0.39, 0.29) is 0 Å². The zero-order valence-electron chi connectivity index (χ0n) is 10.8. The van der Waals surface area contributed by atoms with Gasteiger partial charge in [0, 0.05) is 28.4 Å². The largest absolute Gasteiger partial charge is 0.380 e. The Labute approximate surface area is 114 Å². The first kappa shape index (κ1) is 12.4. The summed E-state index contributed by atoms with van der Waals surface area (Å²) in [5.41, 5.74) is 1.34. The molecule has 1 aliphatic carbocycles. The Morgan fingerprint density at radius 1 is 1.11 bits per heavy atom.